The summed E-state index contributed by atoms with van der Waals surface area (Å²) in [6.45, 7) is 4.31. The predicted octanol–water partition coefficient (Wildman–Crippen LogP) is 4.44. The van der Waals surface area contributed by atoms with E-state index in [4.69, 9.17) is 0 Å². The Labute approximate surface area is 115 Å². The van der Waals surface area contributed by atoms with Crippen LogP contribution in [0, 0.1) is 13.8 Å². The highest BCUT2D eigenvalue weighted by Gasteiger charge is 2.15. The first-order chi connectivity index (χ1) is 8.11. The molecule has 0 aliphatic heterocycles. The fraction of sp³-hybridized carbons (Fsp3) is 0.286. The van der Waals surface area contributed by atoms with Crippen LogP contribution in [0.25, 0.3) is 0 Å². The van der Waals surface area contributed by atoms with E-state index < -0.39 is 0 Å². The first kappa shape index (κ1) is 12.8. The molecule has 17 heavy (non-hydrogen) atoms. The maximum Gasteiger partial charge on any atom is 0.0701 e. The monoisotopic (exact) mass is 309 g/mol. The largest absolute Gasteiger partial charge is 0.309 e. The van der Waals surface area contributed by atoms with E-state index in [1.165, 1.54) is 26.0 Å². The van der Waals surface area contributed by atoms with Gasteiger partial charge in [0.15, 0.2) is 0 Å². The van der Waals surface area contributed by atoms with E-state index in [1.807, 2.05) is 7.05 Å². The molecule has 1 N–H and O–H groups in total. The average molecular weight is 310 g/mol. The Bertz CT molecular complexity index is 519. The Kier molecular flexibility index (Phi) is 4.02. The van der Waals surface area contributed by atoms with Crippen LogP contribution in [0.2, 0.25) is 0 Å². The van der Waals surface area contributed by atoms with Crippen molar-refractivity contribution in [3.05, 3.63) is 55.7 Å². The van der Waals surface area contributed by atoms with Crippen LogP contribution in [0.3, 0.4) is 0 Å². The van der Waals surface area contributed by atoms with E-state index in [-0.39, 0.29) is 6.04 Å². The number of benzene rings is 1. The number of hydrogen-bond donors (Lipinski definition) is 1. The first-order valence-corrected chi connectivity index (χ1v) is 7.27. The van der Waals surface area contributed by atoms with Gasteiger partial charge in [0.2, 0.25) is 0 Å². The Morgan fingerprint density at radius 3 is 2.53 bits per heavy atom. The molecule has 0 bridgehead atoms. The van der Waals surface area contributed by atoms with Gasteiger partial charge >= 0.3 is 0 Å². The molecule has 0 spiro atoms. The zero-order valence-corrected chi connectivity index (χ0v) is 12.7. The van der Waals surface area contributed by atoms with Crippen molar-refractivity contribution in [3.63, 3.8) is 0 Å². The summed E-state index contributed by atoms with van der Waals surface area (Å²) < 4.78 is 1.18. The van der Waals surface area contributed by atoms with Crippen molar-refractivity contribution < 1.29 is 0 Å². The summed E-state index contributed by atoms with van der Waals surface area (Å²) in [5.41, 5.74) is 5.32. The van der Waals surface area contributed by atoms with Gasteiger partial charge < -0.3 is 5.32 Å². The van der Waals surface area contributed by atoms with Crippen molar-refractivity contribution in [1.29, 1.82) is 0 Å². The quantitative estimate of drug-likeness (QED) is 0.884. The minimum atomic E-state index is 0.276. The Hall–Kier alpha value is -0.640. The minimum absolute atomic E-state index is 0.276. The number of thiophene rings is 1. The second kappa shape index (κ2) is 5.34. The Morgan fingerprint density at radius 1 is 1.24 bits per heavy atom. The molecule has 0 radical (unpaired) electrons. The summed E-state index contributed by atoms with van der Waals surface area (Å²) in [5, 5.41) is 5.59. The molecule has 1 aromatic heterocycles. The summed E-state index contributed by atoms with van der Waals surface area (Å²) in [5.74, 6) is 0. The third-order valence-electron chi connectivity index (χ3n) is 2.95. The molecular weight excluding hydrogens is 294 g/mol. The normalized spacial score (nSPS) is 12.7. The number of aryl methyl sites for hydroxylation is 2. The molecule has 0 aliphatic carbocycles. The van der Waals surface area contributed by atoms with E-state index >= 15 is 0 Å². The van der Waals surface area contributed by atoms with Gasteiger partial charge in [-0.1, -0.05) is 23.8 Å². The zero-order chi connectivity index (χ0) is 12.4. The van der Waals surface area contributed by atoms with Crippen LogP contribution < -0.4 is 5.32 Å². The molecule has 0 fully saturated rings. The second-order valence-corrected chi connectivity index (χ2v) is 6.56. The van der Waals surface area contributed by atoms with Crippen LogP contribution in [-0.2, 0) is 0 Å². The molecule has 90 valence electrons. The summed E-state index contributed by atoms with van der Waals surface area (Å²) in [7, 11) is 2.01. The maximum atomic E-state index is 3.52. The molecule has 2 aromatic rings. The van der Waals surface area contributed by atoms with Crippen LogP contribution in [0.15, 0.2) is 33.4 Å². The van der Waals surface area contributed by atoms with Crippen LogP contribution in [0.4, 0.5) is 0 Å². The van der Waals surface area contributed by atoms with Crippen molar-refractivity contribution in [2.24, 2.45) is 0 Å². The molecule has 1 atom stereocenters. The van der Waals surface area contributed by atoms with Gasteiger partial charge in [-0.15, -0.1) is 11.3 Å². The van der Waals surface area contributed by atoms with Crippen molar-refractivity contribution in [1.82, 2.24) is 5.32 Å². The molecule has 3 heteroatoms. The van der Waals surface area contributed by atoms with Gasteiger partial charge in [-0.2, -0.15) is 0 Å². The van der Waals surface area contributed by atoms with E-state index in [2.05, 4.69) is 64.7 Å². The average Bonchev–Trinajstić information content (AvgIpc) is 2.69. The highest BCUT2D eigenvalue weighted by molar-refractivity contribution is 9.11. The van der Waals surface area contributed by atoms with E-state index in [9.17, 15) is 0 Å². The first-order valence-electron chi connectivity index (χ1n) is 5.60. The van der Waals surface area contributed by atoms with Gasteiger partial charge in [0.25, 0.3) is 0 Å². The van der Waals surface area contributed by atoms with E-state index in [0.717, 1.165) is 0 Å². The molecule has 1 aromatic carbocycles. The number of nitrogens with one attached hydrogen (secondary N) is 1. The third kappa shape index (κ3) is 2.79. The molecule has 0 saturated carbocycles. The fourth-order valence-corrected chi connectivity index (χ4v) is 3.33. The summed E-state index contributed by atoms with van der Waals surface area (Å²) >= 11 is 5.25. The number of hydrogen-bond acceptors (Lipinski definition) is 2. The van der Waals surface area contributed by atoms with Gasteiger partial charge in [-0.25, -0.2) is 0 Å². The molecule has 0 saturated heterocycles. The van der Waals surface area contributed by atoms with Crippen LogP contribution in [-0.4, -0.2) is 7.05 Å². The van der Waals surface area contributed by atoms with E-state index in [1.54, 1.807) is 11.3 Å². The Balaban J connectivity index is 2.42. The molecule has 1 unspecified atom stereocenters. The minimum Gasteiger partial charge on any atom is -0.309 e. The predicted molar refractivity (Wildman–Crippen MR) is 78.8 cm³/mol. The van der Waals surface area contributed by atoms with Gasteiger partial charge in [-0.05, 0) is 65.0 Å². The SMILES string of the molecule is CNC(c1csc(Br)c1)c1ccc(C)cc1C. The Morgan fingerprint density at radius 2 is 2.00 bits per heavy atom. The lowest BCUT2D eigenvalue weighted by Gasteiger charge is -2.18. The summed E-state index contributed by atoms with van der Waals surface area (Å²) in [6, 6.07) is 9.09. The van der Waals surface area contributed by atoms with Gasteiger partial charge in [0.05, 0.1) is 9.83 Å². The van der Waals surface area contributed by atoms with Crippen molar-refractivity contribution >= 4 is 27.3 Å². The van der Waals surface area contributed by atoms with Gasteiger partial charge in [0.1, 0.15) is 0 Å². The van der Waals surface area contributed by atoms with Gasteiger partial charge in [0, 0.05) is 0 Å². The highest BCUT2D eigenvalue weighted by Crippen LogP contribution is 2.30. The van der Waals surface area contributed by atoms with E-state index in [0.29, 0.717) is 0 Å². The summed E-state index contributed by atoms with van der Waals surface area (Å²) in [6.07, 6.45) is 0. The zero-order valence-electron chi connectivity index (χ0n) is 10.3. The molecule has 2 rings (SSSR count). The standard InChI is InChI=1S/C14H16BrNS/c1-9-4-5-12(10(2)6-9)14(16-3)11-7-13(15)17-8-11/h4-8,14,16H,1-3H3. The lowest BCUT2D eigenvalue weighted by molar-refractivity contribution is 0.689. The van der Waals surface area contributed by atoms with Crippen molar-refractivity contribution in [2.45, 2.75) is 19.9 Å². The smallest absolute Gasteiger partial charge is 0.0701 e. The van der Waals surface area contributed by atoms with Crippen molar-refractivity contribution in [2.75, 3.05) is 7.05 Å². The third-order valence-corrected chi connectivity index (χ3v) is 4.47. The summed E-state index contributed by atoms with van der Waals surface area (Å²) in [4.78, 5) is 0. The molecular formula is C14H16BrNS. The molecule has 1 nitrogen and oxygen atoms in total. The number of halogens is 1. The maximum absolute atomic E-state index is 3.52. The molecule has 0 amide bonds. The highest BCUT2D eigenvalue weighted by atomic mass is 79.9. The van der Waals surface area contributed by atoms with Crippen molar-refractivity contribution in [3.8, 4) is 0 Å². The molecule has 0 aliphatic rings. The fourth-order valence-electron chi connectivity index (χ4n) is 2.13. The van der Waals surface area contributed by atoms with Crippen LogP contribution in [0.5, 0.6) is 0 Å². The molecule has 1 heterocycles. The van der Waals surface area contributed by atoms with Crippen LogP contribution >= 0.6 is 27.3 Å². The van der Waals surface area contributed by atoms with Crippen LogP contribution in [0.1, 0.15) is 28.3 Å². The lowest BCUT2D eigenvalue weighted by Crippen LogP contribution is -2.18. The number of rotatable bonds is 3. The topological polar surface area (TPSA) is 12.0 Å². The lowest BCUT2D eigenvalue weighted by atomic mass is 9.96. The second-order valence-electron chi connectivity index (χ2n) is 4.27. The van der Waals surface area contributed by atoms with Gasteiger partial charge in [-0.3, -0.25) is 0 Å².